The first-order valence-corrected chi connectivity index (χ1v) is 8.22. The maximum Gasteiger partial charge on any atom is 0.286 e. The molecule has 3 rings (SSSR count). The number of primary amides is 1. The molecule has 0 saturated carbocycles. The first-order chi connectivity index (χ1) is 11.5. The molecule has 0 spiro atoms. The lowest BCUT2D eigenvalue weighted by atomic mass is 10.2. The lowest BCUT2D eigenvalue weighted by Crippen LogP contribution is -2.33. The van der Waals surface area contributed by atoms with Crippen LogP contribution in [0.25, 0.3) is 0 Å². The van der Waals surface area contributed by atoms with Gasteiger partial charge in [0.1, 0.15) is 5.82 Å². The number of aromatic nitrogens is 2. The third-order valence-electron chi connectivity index (χ3n) is 4.51. The Morgan fingerprint density at radius 2 is 2.04 bits per heavy atom. The first kappa shape index (κ1) is 16.4. The van der Waals surface area contributed by atoms with Crippen molar-refractivity contribution in [2.45, 2.75) is 32.9 Å². The molecule has 1 atom stereocenters. The minimum Gasteiger partial charge on any atom is -0.363 e. The normalized spacial score (nSPS) is 17.2. The quantitative estimate of drug-likeness (QED) is 0.871. The molecule has 1 amide bonds. The highest BCUT2D eigenvalue weighted by Crippen LogP contribution is 2.24. The molecule has 24 heavy (non-hydrogen) atoms. The summed E-state index contributed by atoms with van der Waals surface area (Å²) >= 11 is 0. The number of anilines is 1. The fraction of sp³-hybridized carbons (Fsp3) is 0.389. The summed E-state index contributed by atoms with van der Waals surface area (Å²) < 4.78 is 0. The zero-order chi connectivity index (χ0) is 17.1. The van der Waals surface area contributed by atoms with Crippen LogP contribution in [0.2, 0.25) is 0 Å². The van der Waals surface area contributed by atoms with Gasteiger partial charge in [-0.25, -0.2) is 9.97 Å². The molecule has 6 heteroatoms. The van der Waals surface area contributed by atoms with E-state index in [1.165, 1.54) is 5.56 Å². The van der Waals surface area contributed by atoms with E-state index in [1.54, 1.807) is 0 Å². The summed E-state index contributed by atoms with van der Waals surface area (Å²) in [6.07, 6.45) is 1.04. The molecule has 1 aliphatic rings. The van der Waals surface area contributed by atoms with Gasteiger partial charge in [-0.15, -0.1) is 0 Å². The Morgan fingerprint density at radius 3 is 2.75 bits per heavy atom. The van der Waals surface area contributed by atoms with Crippen LogP contribution < -0.4 is 16.0 Å². The van der Waals surface area contributed by atoms with E-state index < -0.39 is 5.91 Å². The van der Waals surface area contributed by atoms with Gasteiger partial charge < -0.3 is 16.0 Å². The number of nitrogens with two attached hydrogens (primary N) is 1. The van der Waals surface area contributed by atoms with Crippen LogP contribution in [0.3, 0.4) is 0 Å². The van der Waals surface area contributed by atoms with Crippen molar-refractivity contribution in [3.63, 3.8) is 0 Å². The van der Waals surface area contributed by atoms with Crippen molar-refractivity contribution in [3.05, 3.63) is 53.0 Å². The predicted molar refractivity (Wildman–Crippen MR) is 93.9 cm³/mol. The second-order valence-corrected chi connectivity index (χ2v) is 6.24. The molecule has 0 radical (unpaired) electrons. The Balaban J connectivity index is 1.68. The van der Waals surface area contributed by atoms with Gasteiger partial charge in [-0.1, -0.05) is 30.3 Å². The Bertz CT molecular complexity index is 732. The van der Waals surface area contributed by atoms with Gasteiger partial charge in [0.25, 0.3) is 5.91 Å². The maximum atomic E-state index is 11.4. The van der Waals surface area contributed by atoms with Gasteiger partial charge in [-0.2, -0.15) is 0 Å². The van der Waals surface area contributed by atoms with Gasteiger partial charge in [0.05, 0.1) is 0 Å². The molecular weight excluding hydrogens is 302 g/mol. The minimum absolute atomic E-state index is 0.0915. The molecule has 1 aromatic carbocycles. The van der Waals surface area contributed by atoms with Gasteiger partial charge in [0.2, 0.25) is 5.82 Å². The summed E-state index contributed by atoms with van der Waals surface area (Å²) in [6, 6.07) is 10.8. The van der Waals surface area contributed by atoms with Crippen LogP contribution in [0.1, 0.15) is 33.9 Å². The van der Waals surface area contributed by atoms with Gasteiger partial charge in [0.15, 0.2) is 0 Å². The Kier molecular flexibility index (Phi) is 4.76. The van der Waals surface area contributed by atoms with Crippen LogP contribution in [0.15, 0.2) is 30.3 Å². The van der Waals surface area contributed by atoms with Crippen LogP contribution in [-0.4, -0.2) is 35.0 Å². The molecule has 1 aromatic heterocycles. The number of amides is 1. The van der Waals surface area contributed by atoms with Crippen molar-refractivity contribution < 1.29 is 4.79 Å². The minimum atomic E-state index is -0.586. The van der Waals surface area contributed by atoms with E-state index in [0.717, 1.165) is 43.1 Å². The maximum absolute atomic E-state index is 11.4. The highest BCUT2D eigenvalue weighted by Gasteiger charge is 2.25. The standard InChI is InChI=1S/C18H23N5O/c1-12-13(2)21-17(16(19)24)22-18(12)23-9-8-15(11-23)20-10-14-6-4-3-5-7-14/h3-7,15,20H,8-11H2,1-2H3,(H2,19,24)/t15-/m1/s1. The van der Waals surface area contributed by atoms with Gasteiger partial charge in [-0.3, -0.25) is 4.79 Å². The fourth-order valence-electron chi connectivity index (χ4n) is 3.01. The molecule has 1 fully saturated rings. The van der Waals surface area contributed by atoms with Crippen molar-refractivity contribution in [1.82, 2.24) is 15.3 Å². The van der Waals surface area contributed by atoms with Crippen LogP contribution in [0.5, 0.6) is 0 Å². The Labute approximate surface area is 142 Å². The number of rotatable bonds is 5. The van der Waals surface area contributed by atoms with Crippen molar-refractivity contribution in [1.29, 1.82) is 0 Å². The number of benzene rings is 1. The van der Waals surface area contributed by atoms with E-state index in [4.69, 9.17) is 5.73 Å². The van der Waals surface area contributed by atoms with Crippen LogP contribution >= 0.6 is 0 Å². The molecule has 2 heterocycles. The molecule has 0 bridgehead atoms. The highest BCUT2D eigenvalue weighted by molar-refractivity contribution is 5.89. The van der Waals surface area contributed by atoms with E-state index in [-0.39, 0.29) is 5.82 Å². The number of hydrogen-bond acceptors (Lipinski definition) is 5. The molecule has 2 aromatic rings. The van der Waals surface area contributed by atoms with Crippen molar-refractivity contribution in [3.8, 4) is 0 Å². The molecule has 0 aliphatic carbocycles. The summed E-state index contributed by atoms with van der Waals surface area (Å²) in [6.45, 7) is 6.49. The number of carbonyl (C=O) groups excluding carboxylic acids is 1. The molecule has 3 N–H and O–H groups in total. The largest absolute Gasteiger partial charge is 0.363 e. The zero-order valence-electron chi connectivity index (χ0n) is 14.1. The average Bonchev–Trinajstić information content (AvgIpc) is 3.05. The second-order valence-electron chi connectivity index (χ2n) is 6.24. The van der Waals surface area contributed by atoms with Gasteiger partial charge in [0, 0.05) is 36.9 Å². The number of nitrogens with zero attached hydrogens (tertiary/aromatic N) is 3. The van der Waals surface area contributed by atoms with Crippen molar-refractivity contribution in [2.75, 3.05) is 18.0 Å². The fourth-order valence-corrected chi connectivity index (χ4v) is 3.01. The van der Waals surface area contributed by atoms with Crippen LogP contribution in [0.4, 0.5) is 5.82 Å². The van der Waals surface area contributed by atoms with Crippen LogP contribution in [0, 0.1) is 13.8 Å². The van der Waals surface area contributed by atoms with Crippen LogP contribution in [-0.2, 0) is 6.54 Å². The predicted octanol–water partition coefficient (Wildman–Crippen LogP) is 1.56. The van der Waals surface area contributed by atoms with E-state index in [2.05, 4.69) is 44.5 Å². The number of nitrogens with one attached hydrogen (secondary N) is 1. The zero-order valence-corrected chi connectivity index (χ0v) is 14.1. The smallest absolute Gasteiger partial charge is 0.286 e. The summed E-state index contributed by atoms with van der Waals surface area (Å²) in [5.41, 5.74) is 8.43. The Hall–Kier alpha value is -2.47. The van der Waals surface area contributed by atoms with Gasteiger partial charge in [-0.05, 0) is 25.8 Å². The summed E-state index contributed by atoms with van der Waals surface area (Å²) in [4.78, 5) is 22.2. The van der Waals surface area contributed by atoms with Gasteiger partial charge >= 0.3 is 0 Å². The molecule has 0 unspecified atom stereocenters. The summed E-state index contributed by atoms with van der Waals surface area (Å²) in [7, 11) is 0. The van der Waals surface area contributed by atoms with Crippen molar-refractivity contribution >= 4 is 11.7 Å². The summed E-state index contributed by atoms with van der Waals surface area (Å²) in [5.74, 6) is 0.325. The number of aryl methyl sites for hydroxylation is 1. The van der Waals surface area contributed by atoms with E-state index in [1.807, 2.05) is 19.9 Å². The SMILES string of the molecule is Cc1nc(C(N)=O)nc(N2CC[C@@H](NCc3ccccc3)C2)c1C. The third-order valence-corrected chi connectivity index (χ3v) is 4.51. The third kappa shape index (κ3) is 3.54. The highest BCUT2D eigenvalue weighted by atomic mass is 16.1. The lowest BCUT2D eigenvalue weighted by molar-refractivity contribution is 0.0990. The number of hydrogen-bond donors (Lipinski definition) is 2. The number of carbonyl (C=O) groups is 1. The topological polar surface area (TPSA) is 84.1 Å². The monoisotopic (exact) mass is 325 g/mol. The molecule has 1 aliphatic heterocycles. The van der Waals surface area contributed by atoms with Crippen molar-refractivity contribution in [2.24, 2.45) is 5.73 Å². The lowest BCUT2D eigenvalue weighted by Gasteiger charge is -2.21. The average molecular weight is 325 g/mol. The second kappa shape index (κ2) is 6.97. The van der Waals surface area contributed by atoms with E-state index in [9.17, 15) is 4.79 Å². The molecule has 1 saturated heterocycles. The Morgan fingerprint density at radius 1 is 1.29 bits per heavy atom. The summed E-state index contributed by atoms with van der Waals surface area (Å²) in [5, 5.41) is 3.59. The molecule has 126 valence electrons. The molecule has 6 nitrogen and oxygen atoms in total. The molecular formula is C18H23N5O. The first-order valence-electron chi connectivity index (χ1n) is 8.22. The van der Waals surface area contributed by atoms with E-state index in [0.29, 0.717) is 6.04 Å². The van der Waals surface area contributed by atoms with E-state index >= 15 is 0 Å².